The predicted molar refractivity (Wildman–Crippen MR) is 136 cm³/mol. The van der Waals surface area contributed by atoms with Gasteiger partial charge >= 0.3 is 0 Å². The van der Waals surface area contributed by atoms with Gasteiger partial charge in [0.2, 0.25) is 0 Å². The quantitative estimate of drug-likeness (QED) is 0.299. The monoisotopic (exact) mass is 504 g/mol. The molecule has 2 aromatic carbocycles. The fraction of sp³-hybridized carbons (Fsp3) is 0.385. The second kappa shape index (κ2) is 10.8. The van der Waals surface area contributed by atoms with E-state index in [4.69, 9.17) is 27.9 Å². The van der Waals surface area contributed by atoms with Gasteiger partial charge in [-0.05, 0) is 68.4 Å². The van der Waals surface area contributed by atoms with E-state index in [1.165, 1.54) is 4.90 Å². The molecule has 0 bridgehead atoms. The number of aryl methyl sites for hydroxylation is 1. The molecule has 0 saturated carbocycles. The molecule has 0 aromatic heterocycles. The van der Waals surface area contributed by atoms with Gasteiger partial charge in [-0.25, -0.2) is 0 Å². The van der Waals surface area contributed by atoms with Gasteiger partial charge in [0.15, 0.2) is 0 Å². The third kappa shape index (κ3) is 5.57. The molecule has 6 nitrogen and oxygen atoms in total. The number of ether oxygens (including phenoxy) is 1. The van der Waals surface area contributed by atoms with Crippen LogP contribution in [-0.2, 0) is 9.59 Å². The molecule has 8 heteroatoms. The largest absolute Gasteiger partial charge is 0.507 e. The predicted octanol–water partition coefficient (Wildman–Crippen LogP) is 5.32. The number of hydrogen-bond donors (Lipinski definition) is 1. The van der Waals surface area contributed by atoms with E-state index in [2.05, 4.69) is 13.8 Å². The molecule has 1 N–H and O–H groups in total. The Kier molecular flexibility index (Phi) is 8.29. The zero-order valence-electron chi connectivity index (χ0n) is 20.1. The Morgan fingerprint density at radius 2 is 1.82 bits per heavy atom. The minimum Gasteiger partial charge on any atom is -0.507 e. The summed E-state index contributed by atoms with van der Waals surface area (Å²) in [5.41, 5.74) is 1.88. The summed E-state index contributed by atoms with van der Waals surface area (Å²) in [5.74, 6) is -0.548. The minimum atomic E-state index is -0.785. The number of Topliss-reactive ketones (excluding diaryl/α,β-unsaturated/α-hetero) is 1. The van der Waals surface area contributed by atoms with E-state index >= 15 is 0 Å². The Balaban J connectivity index is 2.10. The van der Waals surface area contributed by atoms with Gasteiger partial charge in [-0.3, -0.25) is 9.59 Å². The standard InChI is InChI=1S/C26H30Cl2N2O4/c1-15(2)14-34-21-9-7-18(12-16(21)3)24(31)22-23(17-6-8-19(27)20(28)13-17)30(11-10-29(4)5)26(33)25(22)32/h6-9,12-13,15,23,31H,10-11,14H2,1-5H3/b24-22+/t23-/m1/s1. The van der Waals surface area contributed by atoms with Crippen molar-refractivity contribution in [3.05, 3.63) is 68.7 Å². The third-order valence-electron chi connectivity index (χ3n) is 5.61. The molecular weight excluding hydrogens is 475 g/mol. The summed E-state index contributed by atoms with van der Waals surface area (Å²) in [4.78, 5) is 29.5. The van der Waals surface area contributed by atoms with Crippen LogP contribution < -0.4 is 4.74 Å². The highest BCUT2D eigenvalue weighted by molar-refractivity contribution is 6.46. The Morgan fingerprint density at radius 3 is 2.41 bits per heavy atom. The molecule has 2 aromatic rings. The van der Waals surface area contributed by atoms with Crippen molar-refractivity contribution in [1.29, 1.82) is 0 Å². The summed E-state index contributed by atoms with van der Waals surface area (Å²) in [5, 5.41) is 11.9. The molecule has 1 atom stereocenters. The third-order valence-corrected chi connectivity index (χ3v) is 6.35. The van der Waals surface area contributed by atoms with Gasteiger partial charge in [-0.2, -0.15) is 0 Å². The maximum Gasteiger partial charge on any atom is 0.295 e. The van der Waals surface area contributed by atoms with Crippen LogP contribution in [0.25, 0.3) is 5.76 Å². The van der Waals surface area contributed by atoms with Gasteiger partial charge in [0.05, 0.1) is 28.3 Å². The highest BCUT2D eigenvalue weighted by atomic mass is 35.5. The van der Waals surface area contributed by atoms with E-state index in [0.29, 0.717) is 52.5 Å². The lowest BCUT2D eigenvalue weighted by Crippen LogP contribution is -2.35. The maximum absolute atomic E-state index is 13.1. The summed E-state index contributed by atoms with van der Waals surface area (Å²) in [6.07, 6.45) is 0. The first kappa shape index (κ1) is 26.1. The zero-order chi connectivity index (χ0) is 25.2. The first-order valence-electron chi connectivity index (χ1n) is 11.1. The minimum absolute atomic E-state index is 0.0254. The number of hydrogen-bond acceptors (Lipinski definition) is 5. The van der Waals surface area contributed by atoms with Crippen LogP contribution in [0.5, 0.6) is 5.75 Å². The van der Waals surface area contributed by atoms with Crippen LogP contribution in [0.3, 0.4) is 0 Å². The lowest BCUT2D eigenvalue weighted by atomic mass is 9.94. The number of carbonyl (C=O) groups is 2. The maximum atomic E-state index is 13.1. The molecule has 1 fully saturated rings. The average Bonchev–Trinajstić information content (AvgIpc) is 3.02. The van der Waals surface area contributed by atoms with E-state index in [1.54, 1.807) is 36.4 Å². The molecule has 1 aliphatic rings. The Bertz CT molecular complexity index is 1130. The van der Waals surface area contributed by atoms with E-state index in [-0.39, 0.29) is 11.3 Å². The number of benzene rings is 2. The molecule has 0 aliphatic carbocycles. The number of likely N-dealkylation sites (N-methyl/N-ethyl adjacent to an activating group) is 1. The van der Waals surface area contributed by atoms with Crippen molar-refractivity contribution >= 4 is 40.7 Å². The van der Waals surface area contributed by atoms with Crippen molar-refractivity contribution in [1.82, 2.24) is 9.80 Å². The number of amides is 1. The second-order valence-electron chi connectivity index (χ2n) is 9.15. The van der Waals surface area contributed by atoms with Crippen molar-refractivity contribution in [2.45, 2.75) is 26.8 Å². The SMILES string of the molecule is Cc1cc(/C(O)=C2\C(=O)C(=O)N(CCN(C)C)[C@@H]2c2ccc(Cl)c(Cl)c2)ccc1OCC(C)C. The van der Waals surface area contributed by atoms with Crippen LogP contribution in [-0.4, -0.2) is 60.4 Å². The van der Waals surface area contributed by atoms with Gasteiger partial charge in [0, 0.05) is 18.7 Å². The summed E-state index contributed by atoms with van der Waals surface area (Å²) in [7, 11) is 3.77. The normalized spacial score (nSPS) is 17.8. The number of aliphatic hydroxyl groups excluding tert-OH is 1. The van der Waals surface area contributed by atoms with Gasteiger partial charge in [0.25, 0.3) is 11.7 Å². The number of ketones is 1. The Hall–Kier alpha value is -2.54. The first-order valence-corrected chi connectivity index (χ1v) is 11.9. The fourth-order valence-electron chi connectivity index (χ4n) is 3.82. The van der Waals surface area contributed by atoms with Crippen molar-refractivity contribution < 1.29 is 19.4 Å². The van der Waals surface area contributed by atoms with E-state index in [9.17, 15) is 14.7 Å². The van der Waals surface area contributed by atoms with E-state index in [1.807, 2.05) is 25.9 Å². The van der Waals surface area contributed by atoms with Gasteiger partial charge in [0.1, 0.15) is 11.5 Å². The second-order valence-corrected chi connectivity index (χ2v) is 9.97. The van der Waals surface area contributed by atoms with Crippen LogP contribution >= 0.6 is 23.2 Å². The summed E-state index contributed by atoms with van der Waals surface area (Å²) >= 11 is 12.4. The number of halogens is 2. The van der Waals surface area contributed by atoms with Crippen molar-refractivity contribution in [3.8, 4) is 5.75 Å². The average molecular weight is 505 g/mol. The molecular formula is C26H30Cl2N2O4. The lowest BCUT2D eigenvalue weighted by molar-refractivity contribution is -0.140. The van der Waals surface area contributed by atoms with Crippen molar-refractivity contribution in [3.63, 3.8) is 0 Å². The molecule has 1 aliphatic heterocycles. The Morgan fingerprint density at radius 1 is 1.12 bits per heavy atom. The van der Waals surface area contributed by atoms with Crippen LogP contribution in [0.15, 0.2) is 42.0 Å². The number of nitrogens with zero attached hydrogens (tertiary/aromatic N) is 2. The number of carbonyl (C=O) groups excluding carboxylic acids is 2. The smallest absolute Gasteiger partial charge is 0.295 e. The number of rotatable bonds is 8. The highest BCUT2D eigenvalue weighted by Crippen LogP contribution is 2.41. The van der Waals surface area contributed by atoms with Crippen LogP contribution in [0, 0.1) is 12.8 Å². The van der Waals surface area contributed by atoms with E-state index in [0.717, 1.165) is 5.56 Å². The molecule has 3 rings (SSSR count). The molecule has 1 amide bonds. The summed E-state index contributed by atoms with van der Waals surface area (Å²) < 4.78 is 5.82. The van der Waals surface area contributed by atoms with Crippen molar-refractivity contribution in [2.24, 2.45) is 5.92 Å². The molecule has 0 radical (unpaired) electrons. The topological polar surface area (TPSA) is 70.1 Å². The zero-order valence-corrected chi connectivity index (χ0v) is 21.6. The highest BCUT2D eigenvalue weighted by Gasteiger charge is 2.46. The van der Waals surface area contributed by atoms with E-state index < -0.39 is 17.7 Å². The molecule has 1 saturated heterocycles. The molecule has 1 heterocycles. The Labute approximate surface area is 210 Å². The fourth-order valence-corrected chi connectivity index (χ4v) is 4.12. The summed E-state index contributed by atoms with van der Waals surface area (Å²) in [6, 6.07) is 9.40. The summed E-state index contributed by atoms with van der Waals surface area (Å²) in [6.45, 7) is 7.42. The van der Waals surface area contributed by atoms with Gasteiger partial charge in [-0.15, -0.1) is 0 Å². The number of likely N-dealkylation sites (tertiary alicyclic amines) is 1. The van der Waals surface area contributed by atoms with Gasteiger partial charge < -0.3 is 19.6 Å². The number of aliphatic hydroxyl groups is 1. The van der Waals surface area contributed by atoms with Crippen LogP contribution in [0.2, 0.25) is 10.0 Å². The molecule has 0 spiro atoms. The van der Waals surface area contributed by atoms with Crippen LogP contribution in [0.1, 0.15) is 36.6 Å². The lowest BCUT2D eigenvalue weighted by Gasteiger charge is -2.26. The molecule has 182 valence electrons. The van der Waals surface area contributed by atoms with Crippen molar-refractivity contribution in [2.75, 3.05) is 33.8 Å². The first-order chi connectivity index (χ1) is 16.0. The van der Waals surface area contributed by atoms with Crippen LogP contribution in [0.4, 0.5) is 0 Å². The van der Waals surface area contributed by atoms with Gasteiger partial charge in [-0.1, -0.05) is 43.1 Å². The molecule has 34 heavy (non-hydrogen) atoms. The molecule has 0 unspecified atom stereocenters.